The Kier molecular flexibility index (Phi) is 3.78. The molecule has 1 unspecified atom stereocenters. The van der Waals surface area contributed by atoms with Crippen molar-refractivity contribution in [2.75, 3.05) is 13.1 Å². The van der Waals surface area contributed by atoms with Gasteiger partial charge in [0.1, 0.15) is 17.6 Å². The summed E-state index contributed by atoms with van der Waals surface area (Å²) in [6, 6.07) is 4.73. The van der Waals surface area contributed by atoms with Gasteiger partial charge in [-0.25, -0.2) is 9.37 Å². The lowest BCUT2D eigenvalue weighted by Crippen LogP contribution is -2.52. The van der Waals surface area contributed by atoms with Gasteiger partial charge in [0.05, 0.1) is 6.20 Å². The molecular weight excluding hydrogens is 287 g/mol. The lowest BCUT2D eigenvalue weighted by atomic mass is 10.0. The van der Waals surface area contributed by atoms with Gasteiger partial charge in [0.25, 0.3) is 5.91 Å². The lowest BCUT2D eigenvalue weighted by molar-refractivity contribution is -0.128. The maximum absolute atomic E-state index is 13.1. The summed E-state index contributed by atoms with van der Waals surface area (Å²) in [6.07, 6.45) is 4.25. The van der Waals surface area contributed by atoms with Gasteiger partial charge in [0.15, 0.2) is 0 Å². The van der Waals surface area contributed by atoms with Crippen LogP contribution < -0.4 is 5.32 Å². The van der Waals surface area contributed by atoms with E-state index in [-0.39, 0.29) is 17.5 Å². The molecule has 2 aromatic rings. The van der Waals surface area contributed by atoms with Gasteiger partial charge in [-0.2, -0.15) is 0 Å². The fourth-order valence-corrected chi connectivity index (χ4v) is 2.42. The summed E-state index contributed by atoms with van der Waals surface area (Å²) in [6.45, 7) is 0.714. The van der Waals surface area contributed by atoms with Gasteiger partial charge in [-0.05, 0) is 17.7 Å². The van der Waals surface area contributed by atoms with Gasteiger partial charge in [0.2, 0.25) is 5.91 Å². The fourth-order valence-electron chi connectivity index (χ4n) is 2.42. The molecule has 0 saturated carbocycles. The zero-order valence-electron chi connectivity index (χ0n) is 11.6. The molecule has 1 saturated heterocycles. The first-order chi connectivity index (χ1) is 10.7. The number of aromatic nitrogens is 2. The molecular formula is C15H13FN4O2. The quantitative estimate of drug-likeness (QED) is 0.895. The first kappa shape index (κ1) is 14.1. The van der Waals surface area contributed by atoms with Crippen molar-refractivity contribution >= 4 is 11.8 Å². The highest BCUT2D eigenvalue weighted by Gasteiger charge is 2.35. The normalized spacial score (nSPS) is 18.0. The molecule has 1 aromatic heterocycles. The predicted octanol–water partition coefficient (Wildman–Crippen LogP) is 0.929. The summed E-state index contributed by atoms with van der Waals surface area (Å²) in [4.78, 5) is 34.0. The third kappa shape index (κ3) is 2.65. The maximum atomic E-state index is 13.1. The van der Waals surface area contributed by atoms with E-state index in [1.807, 2.05) is 0 Å². The van der Waals surface area contributed by atoms with Crippen LogP contribution in [0.3, 0.4) is 0 Å². The van der Waals surface area contributed by atoms with Crippen molar-refractivity contribution < 1.29 is 14.0 Å². The monoisotopic (exact) mass is 300 g/mol. The van der Waals surface area contributed by atoms with Crippen molar-refractivity contribution in [2.45, 2.75) is 6.04 Å². The Bertz CT molecular complexity index is 690. The van der Waals surface area contributed by atoms with Gasteiger partial charge in [-0.15, -0.1) is 0 Å². The molecule has 112 valence electrons. The van der Waals surface area contributed by atoms with Crippen LogP contribution in [0.4, 0.5) is 4.39 Å². The largest absolute Gasteiger partial charge is 0.352 e. The second-order valence-corrected chi connectivity index (χ2v) is 4.83. The molecule has 0 spiro atoms. The molecule has 0 bridgehead atoms. The molecule has 1 aromatic carbocycles. The number of amides is 2. The molecule has 22 heavy (non-hydrogen) atoms. The molecule has 6 nitrogen and oxygen atoms in total. The van der Waals surface area contributed by atoms with Crippen LogP contribution in [0.5, 0.6) is 0 Å². The molecule has 1 N–H and O–H groups in total. The molecule has 2 amide bonds. The number of nitrogens with one attached hydrogen (secondary N) is 1. The number of benzene rings is 1. The zero-order valence-corrected chi connectivity index (χ0v) is 11.6. The Balaban J connectivity index is 1.95. The summed E-state index contributed by atoms with van der Waals surface area (Å²) in [5.41, 5.74) is 0.722. The number of nitrogens with zero attached hydrogens (tertiary/aromatic N) is 3. The number of rotatable bonds is 2. The third-order valence-corrected chi connectivity index (χ3v) is 3.44. The van der Waals surface area contributed by atoms with Crippen molar-refractivity contribution in [3.63, 3.8) is 0 Å². The van der Waals surface area contributed by atoms with Gasteiger partial charge in [0, 0.05) is 25.5 Å². The predicted molar refractivity (Wildman–Crippen MR) is 75.2 cm³/mol. The minimum Gasteiger partial charge on any atom is -0.352 e. The van der Waals surface area contributed by atoms with E-state index in [0.29, 0.717) is 18.7 Å². The Hall–Kier alpha value is -2.83. The molecule has 1 atom stereocenters. The topological polar surface area (TPSA) is 75.2 Å². The van der Waals surface area contributed by atoms with Crippen LogP contribution in [0, 0.1) is 5.82 Å². The molecule has 3 rings (SSSR count). The van der Waals surface area contributed by atoms with E-state index in [1.165, 1.54) is 47.8 Å². The highest BCUT2D eigenvalue weighted by atomic mass is 19.1. The van der Waals surface area contributed by atoms with Crippen LogP contribution in [0.1, 0.15) is 22.1 Å². The minimum absolute atomic E-state index is 0.171. The summed E-state index contributed by atoms with van der Waals surface area (Å²) >= 11 is 0. The number of piperazine rings is 1. The van der Waals surface area contributed by atoms with Gasteiger partial charge < -0.3 is 10.2 Å². The van der Waals surface area contributed by atoms with E-state index in [9.17, 15) is 14.0 Å². The van der Waals surface area contributed by atoms with E-state index in [2.05, 4.69) is 15.3 Å². The number of carbonyl (C=O) groups is 2. The maximum Gasteiger partial charge on any atom is 0.275 e. The Labute approximate surface area is 126 Å². The van der Waals surface area contributed by atoms with E-state index < -0.39 is 11.9 Å². The summed E-state index contributed by atoms with van der Waals surface area (Å²) in [7, 11) is 0. The van der Waals surface area contributed by atoms with E-state index in [4.69, 9.17) is 0 Å². The smallest absolute Gasteiger partial charge is 0.275 e. The molecule has 7 heteroatoms. The van der Waals surface area contributed by atoms with Crippen LogP contribution in [0.25, 0.3) is 0 Å². The summed E-state index contributed by atoms with van der Waals surface area (Å²) in [5.74, 6) is -1.07. The van der Waals surface area contributed by atoms with Crippen LogP contribution in [0.2, 0.25) is 0 Å². The number of halogens is 1. The number of hydrogen-bond donors (Lipinski definition) is 1. The average molecular weight is 300 g/mol. The first-order valence-electron chi connectivity index (χ1n) is 6.77. The van der Waals surface area contributed by atoms with E-state index >= 15 is 0 Å². The highest BCUT2D eigenvalue weighted by Crippen LogP contribution is 2.24. The summed E-state index contributed by atoms with van der Waals surface area (Å²) in [5, 5.41) is 2.72. The average Bonchev–Trinajstić information content (AvgIpc) is 2.56. The Morgan fingerprint density at radius 2 is 2.05 bits per heavy atom. The summed E-state index contributed by atoms with van der Waals surface area (Å²) < 4.78 is 13.1. The minimum atomic E-state index is -0.802. The molecule has 1 aliphatic heterocycles. The second-order valence-electron chi connectivity index (χ2n) is 4.83. The van der Waals surface area contributed by atoms with Crippen molar-refractivity contribution in [1.82, 2.24) is 20.2 Å². The lowest BCUT2D eigenvalue weighted by Gasteiger charge is -2.35. The van der Waals surface area contributed by atoms with Gasteiger partial charge >= 0.3 is 0 Å². The standard InChI is InChI=1S/C15H13FN4O2/c16-11-3-1-10(2-4-11)13-14(21)19-7-8-20(13)15(22)12-9-17-5-6-18-12/h1-6,9,13H,7-8H2,(H,19,21). The van der Waals surface area contributed by atoms with Crippen LogP contribution in [-0.4, -0.2) is 39.8 Å². The van der Waals surface area contributed by atoms with Crippen LogP contribution in [-0.2, 0) is 4.79 Å². The highest BCUT2D eigenvalue weighted by molar-refractivity contribution is 5.97. The van der Waals surface area contributed by atoms with E-state index in [0.717, 1.165) is 0 Å². The molecule has 1 fully saturated rings. The number of carbonyl (C=O) groups excluding carboxylic acids is 2. The van der Waals surface area contributed by atoms with Crippen molar-refractivity contribution in [2.24, 2.45) is 0 Å². The molecule has 2 heterocycles. The van der Waals surface area contributed by atoms with E-state index in [1.54, 1.807) is 0 Å². The van der Waals surface area contributed by atoms with Crippen molar-refractivity contribution in [3.05, 3.63) is 59.9 Å². The molecule has 0 radical (unpaired) electrons. The van der Waals surface area contributed by atoms with Crippen molar-refractivity contribution in [1.29, 1.82) is 0 Å². The van der Waals surface area contributed by atoms with Crippen LogP contribution in [0.15, 0.2) is 42.9 Å². The zero-order chi connectivity index (χ0) is 15.5. The second kappa shape index (κ2) is 5.88. The first-order valence-corrected chi connectivity index (χ1v) is 6.77. The fraction of sp³-hybridized carbons (Fsp3) is 0.200. The number of hydrogen-bond acceptors (Lipinski definition) is 4. The van der Waals surface area contributed by atoms with Gasteiger partial charge in [-0.3, -0.25) is 14.6 Å². The van der Waals surface area contributed by atoms with Gasteiger partial charge in [-0.1, -0.05) is 12.1 Å². The Morgan fingerprint density at radius 3 is 2.73 bits per heavy atom. The molecule has 0 aliphatic carbocycles. The SMILES string of the molecule is O=C1NCCN(C(=O)c2cnccn2)C1c1ccc(F)cc1. The van der Waals surface area contributed by atoms with Crippen molar-refractivity contribution in [3.8, 4) is 0 Å². The van der Waals surface area contributed by atoms with Crippen LogP contribution >= 0.6 is 0 Å². The third-order valence-electron chi connectivity index (χ3n) is 3.44. The molecule has 1 aliphatic rings. The Morgan fingerprint density at radius 1 is 1.27 bits per heavy atom.